The number of rotatable bonds is 5. The molecule has 0 aromatic heterocycles. The van der Waals surface area contributed by atoms with Gasteiger partial charge in [0.25, 0.3) is 0 Å². The minimum absolute atomic E-state index is 0.0744. The Kier molecular flexibility index (Phi) is 5.33. The Morgan fingerprint density at radius 1 is 1.23 bits per heavy atom. The van der Waals surface area contributed by atoms with Crippen LogP contribution in [-0.4, -0.2) is 12.6 Å². The van der Waals surface area contributed by atoms with E-state index in [4.69, 9.17) is 15.9 Å². The number of esters is 1. The van der Waals surface area contributed by atoms with Gasteiger partial charge in [-0.3, -0.25) is 0 Å². The van der Waals surface area contributed by atoms with E-state index in [0.717, 1.165) is 0 Å². The highest BCUT2D eigenvalue weighted by atomic mass is 19.1. The monoisotopic (exact) mass is 296 g/mol. The number of hydrogen-bond acceptors (Lipinski definition) is 3. The van der Waals surface area contributed by atoms with Crippen LogP contribution < -0.4 is 4.74 Å². The zero-order chi connectivity index (χ0) is 15.8. The van der Waals surface area contributed by atoms with Crippen molar-refractivity contribution >= 4 is 12.0 Å². The largest absolute Gasteiger partial charge is 0.454 e. The lowest BCUT2D eigenvalue weighted by atomic mass is 10.2. The van der Waals surface area contributed by atoms with Crippen LogP contribution in [0.4, 0.5) is 4.39 Å². The molecule has 2 aromatic rings. The number of hydrogen-bond donors (Lipinski definition) is 0. The van der Waals surface area contributed by atoms with Crippen molar-refractivity contribution in [2.45, 2.75) is 0 Å². The van der Waals surface area contributed by atoms with Crippen LogP contribution in [0.3, 0.4) is 0 Å². The standard InChI is InChI=1S/C18H13FO3/c1-2-12-21-18(20)11-9-14-8-10-16(19)17(13-14)22-15-6-4-3-5-7-15/h1,3-11,13H,12H2/b11-9+. The summed E-state index contributed by atoms with van der Waals surface area (Å²) in [4.78, 5) is 11.3. The first-order valence-electron chi connectivity index (χ1n) is 6.50. The first-order chi connectivity index (χ1) is 10.7. The van der Waals surface area contributed by atoms with Crippen LogP contribution in [0, 0.1) is 18.2 Å². The molecule has 0 saturated carbocycles. The average Bonchev–Trinajstić information content (AvgIpc) is 2.54. The van der Waals surface area contributed by atoms with E-state index in [2.05, 4.69) is 5.92 Å². The molecule has 0 saturated heterocycles. The zero-order valence-corrected chi connectivity index (χ0v) is 11.7. The maximum Gasteiger partial charge on any atom is 0.331 e. The van der Waals surface area contributed by atoms with Gasteiger partial charge in [-0.25, -0.2) is 9.18 Å². The topological polar surface area (TPSA) is 35.5 Å². The maximum atomic E-state index is 13.8. The van der Waals surface area contributed by atoms with E-state index in [9.17, 15) is 9.18 Å². The maximum absolute atomic E-state index is 13.8. The van der Waals surface area contributed by atoms with Crippen LogP contribution in [-0.2, 0) is 9.53 Å². The molecule has 0 atom stereocenters. The fourth-order valence-corrected chi connectivity index (χ4v) is 1.64. The molecule has 2 aromatic carbocycles. The number of terminal acetylenes is 1. The van der Waals surface area contributed by atoms with Crippen LogP contribution in [0.25, 0.3) is 6.08 Å². The van der Waals surface area contributed by atoms with Crippen molar-refractivity contribution in [3.63, 3.8) is 0 Å². The molecular formula is C18H13FO3. The molecule has 0 N–H and O–H groups in total. The van der Waals surface area contributed by atoms with Crippen LogP contribution in [0.5, 0.6) is 11.5 Å². The Balaban J connectivity index is 2.11. The van der Waals surface area contributed by atoms with Crippen molar-refractivity contribution in [2.75, 3.05) is 6.61 Å². The third kappa shape index (κ3) is 4.50. The Morgan fingerprint density at radius 2 is 2.00 bits per heavy atom. The third-order valence-electron chi connectivity index (χ3n) is 2.64. The van der Waals surface area contributed by atoms with E-state index >= 15 is 0 Å². The van der Waals surface area contributed by atoms with Crippen molar-refractivity contribution in [1.29, 1.82) is 0 Å². The quantitative estimate of drug-likeness (QED) is 0.478. The Labute approximate surface area is 128 Å². The predicted molar refractivity (Wildman–Crippen MR) is 81.7 cm³/mol. The fourth-order valence-electron chi connectivity index (χ4n) is 1.64. The van der Waals surface area contributed by atoms with Crippen LogP contribution in [0.15, 0.2) is 54.6 Å². The molecule has 0 bridgehead atoms. The number of benzene rings is 2. The van der Waals surface area contributed by atoms with Crippen molar-refractivity contribution in [2.24, 2.45) is 0 Å². The summed E-state index contributed by atoms with van der Waals surface area (Å²) in [6.45, 7) is -0.0883. The average molecular weight is 296 g/mol. The number of ether oxygens (including phenoxy) is 2. The SMILES string of the molecule is C#CCOC(=O)/C=C/c1ccc(F)c(Oc2ccccc2)c1. The summed E-state index contributed by atoms with van der Waals surface area (Å²) in [6.07, 6.45) is 7.70. The van der Waals surface area contributed by atoms with Gasteiger partial charge in [0, 0.05) is 6.08 Å². The number of carbonyl (C=O) groups is 1. The number of halogens is 1. The van der Waals surface area contributed by atoms with Gasteiger partial charge in [0.05, 0.1) is 0 Å². The third-order valence-corrected chi connectivity index (χ3v) is 2.64. The molecule has 2 rings (SSSR count). The Bertz CT molecular complexity index is 715. The molecule has 3 nitrogen and oxygen atoms in total. The highest BCUT2D eigenvalue weighted by Gasteiger charge is 2.05. The zero-order valence-electron chi connectivity index (χ0n) is 11.7. The van der Waals surface area contributed by atoms with Crippen molar-refractivity contribution in [3.8, 4) is 23.8 Å². The molecule has 110 valence electrons. The van der Waals surface area contributed by atoms with Gasteiger partial charge in [0.2, 0.25) is 0 Å². The second kappa shape index (κ2) is 7.65. The van der Waals surface area contributed by atoms with Crippen molar-refractivity contribution < 1.29 is 18.7 Å². The molecule has 0 radical (unpaired) electrons. The first kappa shape index (κ1) is 15.3. The van der Waals surface area contributed by atoms with Crippen LogP contribution >= 0.6 is 0 Å². The van der Waals surface area contributed by atoms with Gasteiger partial charge < -0.3 is 9.47 Å². The van der Waals surface area contributed by atoms with E-state index in [-0.39, 0.29) is 12.4 Å². The van der Waals surface area contributed by atoms with Crippen LogP contribution in [0.1, 0.15) is 5.56 Å². The highest BCUT2D eigenvalue weighted by molar-refractivity contribution is 5.87. The van der Waals surface area contributed by atoms with Crippen LogP contribution in [0.2, 0.25) is 0 Å². The molecular weight excluding hydrogens is 283 g/mol. The van der Waals surface area contributed by atoms with Gasteiger partial charge in [-0.15, -0.1) is 6.42 Å². The minimum Gasteiger partial charge on any atom is -0.454 e. The van der Waals surface area contributed by atoms with Crippen molar-refractivity contribution in [3.05, 3.63) is 66.0 Å². The van der Waals surface area contributed by atoms with Gasteiger partial charge in [0.1, 0.15) is 5.75 Å². The van der Waals surface area contributed by atoms with Gasteiger partial charge in [-0.1, -0.05) is 30.2 Å². The Hall–Kier alpha value is -3.06. The summed E-state index contributed by atoms with van der Waals surface area (Å²) < 4.78 is 23.9. The predicted octanol–water partition coefficient (Wildman–Crippen LogP) is 3.81. The summed E-state index contributed by atoms with van der Waals surface area (Å²) >= 11 is 0. The summed E-state index contributed by atoms with van der Waals surface area (Å²) in [5.41, 5.74) is 0.602. The number of carbonyl (C=O) groups excluding carboxylic acids is 1. The van der Waals surface area contributed by atoms with E-state index in [1.54, 1.807) is 24.3 Å². The Morgan fingerprint density at radius 3 is 2.73 bits per heavy atom. The van der Waals surface area contributed by atoms with E-state index < -0.39 is 11.8 Å². The lowest BCUT2D eigenvalue weighted by Gasteiger charge is -2.07. The molecule has 22 heavy (non-hydrogen) atoms. The molecule has 0 aliphatic rings. The van der Waals surface area contributed by atoms with E-state index in [1.807, 2.05) is 6.07 Å². The van der Waals surface area contributed by atoms with Gasteiger partial charge in [-0.2, -0.15) is 0 Å². The molecule has 0 heterocycles. The summed E-state index contributed by atoms with van der Waals surface area (Å²) in [6, 6.07) is 13.1. The normalized spacial score (nSPS) is 10.2. The fraction of sp³-hybridized carbons (Fsp3) is 0.0556. The first-order valence-corrected chi connectivity index (χ1v) is 6.50. The molecule has 0 aliphatic heterocycles. The molecule has 0 aliphatic carbocycles. The van der Waals surface area contributed by atoms with E-state index in [1.165, 1.54) is 30.4 Å². The lowest BCUT2D eigenvalue weighted by Crippen LogP contribution is -1.99. The molecule has 0 spiro atoms. The summed E-state index contributed by atoms with van der Waals surface area (Å²) in [5, 5.41) is 0. The number of para-hydroxylation sites is 1. The lowest BCUT2D eigenvalue weighted by molar-refractivity contribution is -0.136. The second-order valence-corrected chi connectivity index (χ2v) is 4.25. The molecule has 4 heteroatoms. The highest BCUT2D eigenvalue weighted by Crippen LogP contribution is 2.25. The second-order valence-electron chi connectivity index (χ2n) is 4.25. The molecule has 0 amide bonds. The van der Waals surface area contributed by atoms with Gasteiger partial charge in [-0.05, 0) is 35.9 Å². The van der Waals surface area contributed by atoms with Gasteiger partial charge in [0.15, 0.2) is 18.2 Å². The molecule has 0 fully saturated rings. The van der Waals surface area contributed by atoms with Crippen molar-refractivity contribution in [1.82, 2.24) is 0 Å². The minimum atomic E-state index is -0.562. The smallest absolute Gasteiger partial charge is 0.331 e. The summed E-state index contributed by atoms with van der Waals surface area (Å²) in [5.74, 6) is 1.74. The van der Waals surface area contributed by atoms with Gasteiger partial charge >= 0.3 is 5.97 Å². The summed E-state index contributed by atoms with van der Waals surface area (Å²) in [7, 11) is 0. The van der Waals surface area contributed by atoms with E-state index in [0.29, 0.717) is 11.3 Å². The molecule has 0 unspecified atom stereocenters.